The summed E-state index contributed by atoms with van der Waals surface area (Å²) in [5, 5.41) is 3.93. The first-order valence-corrected chi connectivity index (χ1v) is 7.65. The topological polar surface area (TPSA) is 34.2 Å². The van der Waals surface area contributed by atoms with Crippen LogP contribution < -0.4 is 10.1 Å². The molecule has 1 heterocycles. The monoisotopic (exact) mass is 354 g/mol. The molecule has 0 atom stereocenters. The van der Waals surface area contributed by atoms with Crippen molar-refractivity contribution in [2.24, 2.45) is 0 Å². The van der Waals surface area contributed by atoms with Crippen molar-refractivity contribution in [3.8, 4) is 11.6 Å². The molecule has 20 heavy (non-hydrogen) atoms. The highest BCUT2D eigenvalue weighted by Crippen LogP contribution is 2.25. The Labute approximate surface area is 132 Å². The van der Waals surface area contributed by atoms with E-state index in [0.29, 0.717) is 17.4 Å². The number of pyridine rings is 1. The molecular formula is C15H16BrClN2O. The standard InChI is InChI=1S/C15H16BrClN2O/c1-2-8-18-10-14-13(17)6-7-15(19-14)20-12-5-3-4-11(16)9-12/h3-7,9,18H,2,8,10H2,1H3. The quantitative estimate of drug-likeness (QED) is 0.757. The third-order valence-electron chi connectivity index (χ3n) is 2.63. The first-order valence-electron chi connectivity index (χ1n) is 6.48. The fraction of sp³-hybridized carbons (Fsp3) is 0.267. The number of benzene rings is 1. The molecule has 2 aromatic rings. The summed E-state index contributed by atoms with van der Waals surface area (Å²) in [5.41, 5.74) is 0.799. The van der Waals surface area contributed by atoms with E-state index in [1.807, 2.05) is 30.3 Å². The van der Waals surface area contributed by atoms with E-state index >= 15 is 0 Å². The summed E-state index contributed by atoms with van der Waals surface area (Å²) < 4.78 is 6.70. The van der Waals surface area contributed by atoms with Crippen molar-refractivity contribution >= 4 is 27.5 Å². The second-order valence-corrected chi connectivity index (χ2v) is 5.64. The zero-order chi connectivity index (χ0) is 14.4. The van der Waals surface area contributed by atoms with Crippen LogP contribution in [0.15, 0.2) is 40.9 Å². The van der Waals surface area contributed by atoms with Crippen molar-refractivity contribution in [3.63, 3.8) is 0 Å². The van der Waals surface area contributed by atoms with Crippen molar-refractivity contribution in [1.29, 1.82) is 0 Å². The second-order valence-electron chi connectivity index (χ2n) is 4.31. The van der Waals surface area contributed by atoms with E-state index in [2.05, 4.69) is 33.2 Å². The maximum absolute atomic E-state index is 6.14. The van der Waals surface area contributed by atoms with Gasteiger partial charge in [-0.15, -0.1) is 0 Å². The van der Waals surface area contributed by atoms with Crippen molar-refractivity contribution in [2.45, 2.75) is 19.9 Å². The summed E-state index contributed by atoms with van der Waals surface area (Å²) >= 11 is 9.55. The number of nitrogens with one attached hydrogen (secondary N) is 1. The molecule has 2 rings (SSSR count). The molecule has 1 N–H and O–H groups in total. The summed E-state index contributed by atoms with van der Waals surface area (Å²) in [6.07, 6.45) is 1.08. The molecule has 0 aliphatic heterocycles. The van der Waals surface area contributed by atoms with Gasteiger partial charge in [0.05, 0.1) is 10.7 Å². The van der Waals surface area contributed by atoms with Crippen molar-refractivity contribution in [2.75, 3.05) is 6.54 Å². The minimum Gasteiger partial charge on any atom is -0.439 e. The smallest absolute Gasteiger partial charge is 0.219 e. The van der Waals surface area contributed by atoms with E-state index in [1.165, 1.54) is 0 Å². The minimum absolute atomic E-state index is 0.542. The van der Waals surface area contributed by atoms with Gasteiger partial charge in [-0.25, -0.2) is 4.98 Å². The Kier molecular flexibility index (Phi) is 5.83. The molecule has 0 saturated heterocycles. The zero-order valence-electron chi connectivity index (χ0n) is 11.2. The van der Waals surface area contributed by atoms with Gasteiger partial charge in [-0.1, -0.05) is 40.5 Å². The van der Waals surface area contributed by atoms with Gasteiger partial charge >= 0.3 is 0 Å². The number of hydrogen-bond donors (Lipinski definition) is 1. The first-order chi connectivity index (χ1) is 9.69. The highest BCUT2D eigenvalue weighted by Gasteiger charge is 2.06. The van der Waals surface area contributed by atoms with Gasteiger partial charge in [0.15, 0.2) is 0 Å². The summed E-state index contributed by atoms with van der Waals surface area (Å²) in [4.78, 5) is 4.44. The summed E-state index contributed by atoms with van der Waals surface area (Å²) in [5.74, 6) is 1.28. The van der Waals surface area contributed by atoms with Crippen LogP contribution in [0, 0.1) is 0 Å². The SMILES string of the molecule is CCCNCc1nc(Oc2cccc(Br)c2)ccc1Cl. The van der Waals surface area contributed by atoms with Crippen LogP contribution in [-0.2, 0) is 6.54 Å². The van der Waals surface area contributed by atoms with Gasteiger partial charge in [-0.2, -0.15) is 0 Å². The van der Waals surface area contributed by atoms with E-state index in [1.54, 1.807) is 6.07 Å². The molecule has 0 bridgehead atoms. The Hall–Kier alpha value is -1.10. The Morgan fingerprint density at radius 1 is 1.30 bits per heavy atom. The molecule has 0 spiro atoms. The van der Waals surface area contributed by atoms with Gasteiger partial charge in [0.1, 0.15) is 5.75 Å². The lowest BCUT2D eigenvalue weighted by Gasteiger charge is -2.09. The molecule has 1 aromatic heterocycles. The Balaban J connectivity index is 2.10. The number of nitrogens with zero attached hydrogens (tertiary/aromatic N) is 1. The van der Waals surface area contributed by atoms with Crippen LogP contribution in [0.5, 0.6) is 11.6 Å². The van der Waals surface area contributed by atoms with Crippen LogP contribution in [0.25, 0.3) is 0 Å². The van der Waals surface area contributed by atoms with E-state index in [9.17, 15) is 0 Å². The predicted octanol–water partition coefficient (Wildman–Crippen LogP) is 4.79. The van der Waals surface area contributed by atoms with Crippen molar-refractivity contribution in [1.82, 2.24) is 10.3 Å². The number of aromatic nitrogens is 1. The third kappa shape index (κ3) is 4.47. The van der Waals surface area contributed by atoms with Crippen LogP contribution in [0.1, 0.15) is 19.0 Å². The van der Waals surface area contributed by atoms with Gasteiger partial charge in [0, 0.05) is 17.1 Å². The predicted molar refractivity (Wildman–Crippen MR) is 85.5 cm³/mol. The first kappa shape index (κ1) is 15.3. The van der Waals surface area contributed by atoms with Gasteiger partial charge in [-0.3, -0.25) is 0 Å². The maximum Gasteiger partial charge on any atom is 0.219 e. The second kappa shape index (κ2) is 7.62. The fourth-order valence-corrected chi connectivity index (χ4v) is 2.23. The zero-order valence-corrected chi connectivity index (χ0v) is 13.5. The number of hydrogen-bond acceptors (Lipinski definition) is 3. The molecule has 0 aliphatic carbocycles. The van der Waals surface area contributed by atoms with Crippen LogP contribution in [0.3, 0.4) is 0 Å². The Bertz CT molecular complexity index is 578. The molecule has 3 nitrogen and oxygen atoms in total. The molecule has 0 unspecified atom stereocenters. The Morgan fingerprint density at radius 2 is 2.15 bits per heavy atom. The van der Waals surface area contributed by atoms with E-state index in [4.69, 9.17) is 16.3 Å². The maximum atomic E-state index is 6.14. The summed E-state index contributed by atoms with van der Waals surface area (Å²) in [7, 11) is 0. The lowest BCUT2D eigenvalue weighted by molar-refractivity contribution is 0.459. The molecule has 0 radical (unpaired) electrons. The summed E-state index contributed by atoms with van der Waals surface area (Å²) in [6.45, 7) is 3.70. The largest absolute Gasteiger partial charge is 0.439 e. The molecule has 106 valence electrons. The van der Waals surface area contributed by atoms with Crippen LogP contribution >= 0.6 is 27.5 Å². The number of rotatable bonds is 6. The molecule has 1 aromatic carbocycles. The lowest BCUT2D eigenvalue weighted by atomic mass is 10.3. The Morgan fingerprint density at radius 3 is 2.90 bits per heavy atom. The molecule has 0 amide bonds. The van der Waals surface area contributed by atoms with E-state index < -0.39 is 0 Å². The number of ether oxygens (including phenoxy) is 1. The number of halogens is 2. The average Bonchev–Trinajstić information content (AvgIpc) is 2.42. The van der Waals surface area contributed by atoms with Gasteiger partial charge in [-0.05, 0) is 37.2 Å². The molecule has 5 heteroatoms. The van der Waals surface area contributed by atoms with E-state index in [0.717, 1.165) is 28.9 Å². The lowest BCUT2D eigenvalue weighted by Crippen LogP contribution is -2.15. The van der Waals surface area contributed by atoms with Crippen LogP contribution in [0.4, 0.5) is 0 Å². The highest BCUT2D eigenvalue weighted by molar-refractivity contribution is 9.10. The minimum atomic E-state index is 0.542. The van der Waals surface area contributed by atoms with Gasteiger partial charge < -0.3 is 10.1 Å². The fourth-order valence-electron chi connectivity index (χ4n) is 1.68. The van der Waals surface area contributed by atoms with Crippen LogP contribution in [-0.4, -0.2) is 11.5 Å². The summed E-state index contributed by atoms with van der Waals surface area (Å²) in [6, 6.07) is 11.2. The molecular weight excluding hydrogens is 340 g/mol. The van der Waals surface area contributed by atoms with Gasteiger partial charge in [0.25, 0.3) is 0 Å². The highest BCUT2D eigenvalue weighted by atomic mass is 79.9. The average molecular weight is 356 g/mol. The van der Waals surface area contributed by atoms with E-state index in [-0.39, 0.29) is 0 Å². The normalized spacial score (nSPS) is 10.6. The van der Waals surface area contributed by atoms with Crippen molar-refractivity contribution < 1.29 is 4.74 Å². The third-order valence-corrected chi connectivity index (χ3v) is 3.47. The molecule has 0 aliphatic rings. The molecule has 0 saturated carbocycles. The van der Waals surface area contributed by atoms with Gasteiger partial charge in [0.2, 0.25) is 5.88 Å². The van der Waals surface area contributed by atoms with Crippen molar-refractivity contribution in [3.05, 3.63) is 51.6 Å². The molecule has 0 fully saturated rings. The van der Waals surface area contributed by atoms with Crippen LogP contribution in [0.2, 0.25) is 5.02 Å².